The van der Waals surface area contributed by atoms with E-state index in [9.17, 15) is 0 Å². The predicted octanol–water partition coefficient (Wildman–Crippen LogP) is 4.00. The van der Waals surface area contributed by atoms with Crippen LogP contribution in [0.1, 0.15) is 23.4 Å². The lowest BCUT2D eigenvalue weighted by molar-refractivity contribution is 0.493. The minimum atomic E-state index is 0.592. The van der Waals surface area contributed by atoms with Gasteiger partial charge >= 0.3 is 0 Å². The van der Waals surface area contributed by atoms with Crippen LogP contribution in [0.5, 0.6) is 0 Å². The molecule has 2 aromatic carbocycles. The summed E-state index contributed by atoms with van der Waals surface area (Å²) in [6, 6.07) is 16.7. The Balaban J connectivity index is 1.57. The second-order valence-corrected chi connectivity index (χ2v) is 6.02. The normalized spacial score (nSPS) is 13.9. The number of hydrogen-bond acceptors (Lipinski definition) is 4. The van der Waals surface area contributed by atoms with E-state index < -0.39 is 0 Å². The quantitative estimate of drug-likeness (QED) is 0.733. The first-order valence-corrected chi connectivity index (χ1v) is 8.02. The van der Waals surface area contributed by atoms with Crippen molar-refractivity contribution in [2.24, 2.45) is 0 Å². The van der Waals surface area contributed by atoms with Crippen molar-refractivity contribution >= 4 is 5.69 Å². The zero-order chi connectivity index (χ0) is 15.6. The molecule has 1 aliphatic heterocycles. The summed E-state index contributed by atoms with van der Waals surface area (Å²) < 4.78 is 5.88. The summed E-state index contributed by atoms with van der Waals surface area (Å²) in [5.74, 6) is 1.26. The van der Waals surface area contributed by atoms with Gasteiger partial charge in [-0.15, -0.1) is 10.2 Å². The van der Waals surface area contributed by atoms with Gasteiger partial charge in [-0.2, -0.15) is 0 Å². The first-order chi connectivity index (χ1) is 11.3. The molecule has 4 nitrogen and oxygen atoms in total. The van der Waals surface area contributed by atoms with Gasteiger partial charge < -0.3 is 9.32 Å². The number of aromatic nitrogens is 2. The molecule has 0 aliphatic carbocycles. The molecule has 0 radical (unpaired) electrons. The molecule has 1 aromatic heterocycles. The van der Waals surface area contributed by atoms with Crippen LogP contribution in [-0.2, 0) is 13.0 Å². The summed E-state index contributed by atoms with van der Waals surface area (Å²) in [5, 5.41) is 8.44. The molecule has 0 amide bonds. The molecule has 0 unspecified atom stereocenters. The average molecular weight is 305 g/mol. The van der Waals surface area contributed by atoms with Crippen LogP contribution >= 0.6 is 0 Å². The van der Waals surface area contributed by atoms with Gasteiger partial charge in [0.1, 0.15) is 0 Å². The van der Waals surface area contributed by atoms with E-state index in [2.05, 4.69) is 58.4 Å². The van der Waals surface area contributed by atoms with Gasteiger partial charge in [-0.1, -0.05) is 35.9 Å². The molecule has 0 spiro atoms. The fourth-order valence-corrected chi connectivity index (χ4v) is 3.15. The highest BCUT2D eigenvalue weighted by atomic mass is 16.4. The van der Waals surface area contributed by atoms with Gasteiger partial charge in [-0.3, -0.25) is 0 Å². The van der Waals surface area contributed by atoms with Gasteiger partial charge in [-0.25, -0.2) is 0 Å². The monoisotopic (exact) mass is 305 g/mol. The molecule has 0 N–H and O–H groups in total. The minimum absolute atomic E-state index is 0.592. The lowest BCUT2D eigenvalue weighted by Gasteiger charge is -2.29. The zero-order valence-corrected chi connectivity index (χ0v) is 13.2. The zero-order valence-electron chi connectivity index (χ0n) is 13.2. The number of anilines is 1. The summed E-state index contributed by atoms with van der Waals surface area (Å²) in [7, 11) is 0. The van der Waals surface area contributed by atoms with E-state index in [1.54, 1.807) is 0 Å². The third-order valence-corrected chi connectivity index (χ3v) is 4.26. The Labute approximate surface area is 135 Å². The number of benzene rings is 2. The fraction of sp³-hybridized carbons (Fsp3) is 0.263. The Morgan fingerprint density at radius 2 is 2.00 bits per heavy atom. The highest BCUT2D eigenvalue weighted by Gasteiger charge is 2.19. The van der Waals surface area contributed by atoms with E-state index in [0.29, 0.717) is 18.3 Å². The minimum Gasteiger partial charge on any atom is -0.419 e. The molecule has 23 heavy (non-hydrogen) atoms. The van der Waals surface area contributed by atoms with Crippen LogP contribution in [0.3, 0.4) is 0 Å². The molecule has 4 heteroatoms. The summed E-state index contributed by atoms with van der Waals surface area (Å²) in [5.41, 5.74) is 4.85. The van der Waals surface area contributed by atoms with Crippen LogP contribution in [0.15, 0.2) is 52.9 Å². The van der Waals surface area contributed by atoms with Crippen LogP contribution in [0, 0.1) is 6.92 Å². The molecule has 116 valence electrons. The van der Waals surface area contributed by atoms with E-state index in [4.69, 9.17) is 4.42 Å². The summed E-state index contributed by atoms with van der Waals surface area (Å²) in [4.78, 5) is 2.33. The second-order valence-electron chi connectivity index (χ2n) is 6.02. The predicted molar refractivity (Wildman–Crippen MR) is 90.3 cm³/mol. The molecule has 0 saturated carbocycles. The number of aryl methyl sites for hydroxylation is 2. The average Bonchev–Trinajstić information content (AvgIpc) is 3.04. The Morgan fingerprint density at radius 1 is 1.09 bits per heavy atom. The topological polar surface area (TPSA) is 42.2 Å². The number of para-hydroxylation sites is 1. The molecule has 0 fully saturated rings. The van der Waals surface area contributed by atoms with Crippen LogP contribution < -0.4 is 4.90 Å². The maximum Gasteiger partial charge on any atom is 0.247 e. The van der Waals surface area contributed by atoms with Crippen LogP contribution in [0.25, 0.3) is 11.5 Å². The van der Waals surface area contributed by atoms with Crippen molar-refractivity contribution in [1.82, 2.24) is 10.2 Å². The molecule has 0 saturated heterocycles. The molecule has 3 aromatic rings. The van der Waals surface area contributed by atoms with Crippen molar-refractivity contribution in [1.29, 1.82) is 0 Å². The van der Waals surface area contributed by atoms with Crippen molar-refractivity contribution in [3.63, 3.8) is 0 Å². The van der Waals surface area contributed by atoms with Gasteiger partial charge in [0.05, 0.1) is 6.54 Å². The third-order valence-electron chi connectivity index (χ3n) is 4.26. The van der Waals surface area contributed by atoms with Crippen molar-refractivity contribution < 1.29 is 4.42 Å². The van der Waals surface area contributed by atoms with Crippen LogP contribution in [-0.4, -0.2) is 16.7 Å². The van der Waals surface area contributed by atoms with Crippen molar-refractivity contribution in [2.75, 3.05) is 11.4 Å². The first-order valence-electron chi connectivity index (χ1n) is 8.02. The molecule has 2 heterocycles. The molecular weight excluding hydrogens is 286 g/mol. The van der Waals surface area contributed by atoms with E-state index in [-0.39, 0.29) is 0 Å². The van der Waals surface area contributed by atoms with Crippen LogP contribution in [0.4, 0.5) is 5.69 Å². The largest absolute Gasteiger partial charge is 0.419 e. The first kappa shape index (κ1) is 14.0. The number of rotatable bonds is 3. The van der Waals surface area contributed by atoms with Crippen molar-refractivity contribution in [3.8, 4) is 11.5 Å². The second kappa shape index (κ2) is 5.88. The van der Waals surface area contributed by atoms with Gasteiger partial charge in [-0.05, 0) is 43.5 Å². The third kappa shape index (κ3) is 2.84. The Bertz CT molecular complexity index is 825. The number of hydrogen-bond donors (Lipinski definition) is 0. The number of nitrogens with zero attached hydrogens (tertiary/aromatic N) is 3. The maximum absolute atomic E-state index is 5.88. The number of fused-ring (bicyclic) bond motifs is 1. The summed E-state index contributed by atoms with van der Waals surface area (Å²) >= 11 is 0. The highest BCUT2D eigenvalue weighted by Crippen LogP contribution is 2.28. The molecule has 4 rings (SSSR count). The lowest BCUT2D eigenvalue weighted by atomic mass is 10.0. The Hall–Kier alpha value is -2.62. The highest BCUT2D eigenvalue weighted by molar-refractivity contribution is 5.56. The van der Waals surface area contributed by atoms with E-state index >= 15 is 0 Å². The van der Waals surface area contributed by atoms with E-state index in [0.717, 1.165) is 24.9 Å². The van der Waals surface area contributed by atoms with Gasteiger partial charge in [0.25, 0.3) is 0 Å². The summed E-state index contributed by atoms with van der Waals surface area (Å²) in [6.07, 6.45) is 2.31. The summed E-state index contributed by atoms with van der Waals surface area (Å²) in [6.45, 7) is 3.75. The standard InChI is InChI=1S/C19H19N3O/c1-14-6-4-8-16(12-14)19-21-20-18(23-19)13-22-11-5-9-15-7-2-3-10-17(15)22/h2-4,6-8,10,12H,5,9,11,13H2,1H3. The molecule has 0 bridgehead atoms. The van der Waals surface area contributed by atoms with E-state index in [1.165, 1.54) is 16.8 Å². The smallest absolute Gasteiger partial charge is 0.247 e. The lowest BCUT2D eigenvalue weighted by Crippen LogP contribution is -2.28. The molecular formula is C19H19N3O. The van der Waals surface area contributed by atoms with E-state index in [1.807, 2.05) is 12.1 Å². The van der Waals surface area contributed by atoms with Gasteiger partial charge in [0.15, 0.2) is 0 Å². The SMILES string of the molecule is Cc1cccc(-c2nnc(CN3CCCc4ccccc43)o2)c1. The van der Waals surface area contributed by atoms with Crippen molar-refractivity contribution in [2.45, 2.75) is 26.3 Å². The fourth-order valence-electron chi connectivity index (χ4n) is 3.15. The maximum atomic E-state index is 5.88. The Kier molecular flexibility index (Phi) is 3.58. The van der Waals surface area contributed by atoms with Gasteiger partial charge in [0.2, 0.25) is 11.8 Å². The van der Waals surface area contributed by atoms with Crippen molar-refractivity contribution in [3.05, 3.63) is 65.5 Å². The van der Waals surface area contributed by atoms with Crippen LogP contribution in [0.2, 0.25) is 0 Å². The Morgan fingerprint density at radius 3 is 2.91 bits per heavy atom. The molecule has 0 atom stereocenters. The van der Waals surface area contributed by atoms with Gasteiger partial charge in [0, 0.05) is 17.8 Å². The molecule has 1 aliphatic rings.